The normalized spacial score (nSPS) is 25.4. The van der Waals surface area contributed by atoms with Crippen molar-refractivity contribution in [1.29, 1.82) is 0 Å². The summed E-state index contributed by atoms with van der Waals surface area (Å²) in [4.78, 5) is 4.91. The topological polar surface area (TPSA) is 32.5 Å². The highest BCUT2D eigenvalue weighted by molar-refractivity contribution is 4.81. The Balaban J connectivity index is 2.36. The van der Waals surface area contributed by atoms with Crippen LogP contribution in [0.1, 0.15) is 20.3 Å². The molecule has 2 unspecified atom stereocenters. The Hall–Kier alpha value is -0.120. The second kappa shape index (κ2) is 5.83. The van der Waals surface area contributed by atoms with Crippen molar-refractivity contribution in [2.45, 2.75) is 26.3 Å². The largest absolute Gasteiger partial charge is 0.330 e. The van der Waals surface area contributed by atoms with Crippen molar-refractivity contribution >= 4 is 0 Å². The third kappa shape index (κ3) is 3.74. The summed E-state index contributed by atoms with van der Waals surface area (Å²) < 4.78 is 0. The van der Waals surface area contributed by atoms with Gasteiger partial charge in [-0.3, -0.25) is 0 Å². The highest BCUT2D eigenvalue weighted by Gasteiger charge is 2.25. The summed E-state index contributed by atoms with van der Waals surface area (Å²) in [6.07, 6.45) is 1.31. The van der Waals surface area contributed by atoms with Gasteiger partial charge in [0.1, 0.15) is 0 Å². The van der Waals surface area contributed by atoms with Crippen LogP contribution in [-0.4, -0.2) is 56.1 Å². The van der Waals surface area contributed by atoms with E-state index in [1.807, 2.05) is 0 Å². The Kier molecular flexibility index (Phi) is 5.03. The highest BCUT2D eigenvalue weighted by Crippen LogP contribution is 2.16. The molecule has 3 heteroatoms. The van der Waals surface area contributed by atoms with Gasteiger partial charge in [0, 0.05) is 19.1 Å². The molecule has 1 aliphatic rings. The van der Waals surface area contributed by atoms with Crippen LogP contribution in [0.5, 0.6) is 0 Å². The van der Waals surface area contributed by atoms with Gasteiger partial charge in [-0.05, 0) is 45.4 Å². The zero-order valence-electron chi connectivity index (χ0n) is 10.7. The molecule has 3 nitrogen and oxygen atoms in total. The fourth-order valence-corrected chi connectivity index (χ4v) is 2.35. The molecule has 2 N–H and O–H groups in total. The number of likely N-dealkylation sites (tertiary alicyclic amines) is 1. The van der Waals surface area contributed by atoms with Gasteiger partial charge >= 0.3 is 0 Å². The Morgan fingerprint density at radius 2 is 2.13 bits per heavy atom. The van der Waals surface area contributed by atoms with Crippen LogP contribution in [0.15, 0.2) is 0 Å². The quantitative estimate of drug-likeness (QED) is 0.735. The first-order chi connectivity index (χ1) is 7.04. The Labute approximate surface area is 94.6 Å². The second-order valence-corrected chi connectivity index (χ2v) is 5.38. The zero-order valence-corrected chi connectivity index (χ0v) is 10.7. The molecule has 0 aliphatic carbocycles. The average Bonchev–Trinajstić information content (AvgIpc) is 2.60. The molecular weight excluding hydrogens is 186 g/mol. The van der Waals surface area contributed by atoms with E-state index in [0.717, 1.165) is 19.1 Å². The third-order valence-corrected chi connectivity index (χ3v) is 3.76. The van der Waals surface area contributed by atoms with Crippen molar-refractivity contribution in [3.8, 4) is 0 Å². The SMILES string of the molecule is CC(C)C(CN)CN(C)C1CCN(C)C1. The van der Waals surface area contributed by atoms with Gasteiger partial charge in [0.2, 0.25) is 0 Å². The molecule has 0 saturated carbocycles. The summed E-state index contributed by atoms with van der Waals surface area (Å²) in [6.45, 7) is 8.95. The predicted molar refractivity (Wildman–Crippen MR) is 65.9 cm³/mol. The molecule has 0 aromatic heterocycles. The maximum atomic E-state index is 5.81. The van der Waals surface area contributed by atoms with Crippen molar-refractivity contribution < 1.29 is 0 Å². The van der Waals surface area contributed by atoms with Gasteiger partial charge in [0.05, 0.1) is 0 Å². The monoisotopic (exact) mass is 213 g/mol. The van der Waals surface area contributed by atoms with E-state index in [0.29, 0.717) is 11.8 Å². The molecule has 1 heterocycles. The number of hydrogen-bond donors (Lipinski definition) is 1. The molecule has 0 aromatic carbocycles. The predicted octanol–water partition coefficient (Wildman–Crippen LogP) is 0.853. The zero-order chi connectivity index (χ0) is 11.4. The fraction of sp³-hybridized carbons (Fsp3) is 1.00. The number of rotatable bonds is 5. The number of likely N-dealkylation sites (N-methyl/N-ethyl adjacent to an activating group) is 2. The first-order valence-corrected chi connectivity index (χ1v) is 6.13. The number of nitrogens with two attached hydrogens (primary N) is 1. The summed E-state index contributed by atoms with van der Waals surface area (Å²) >= 11 is 0. The van der Waals surface area contributed by atoms with E-state index in [2.05, 4.69) is 37.7 Å². The molecule has 0 spiro atoms. The van der Waals surface area contributed by atoms with Crippen LogP contribution in [0.4, 0.5) is 0 Å². The summed E-state index contributed by atoms with van der Waals surface area (Å²) in [5.74, 6) is 1.33. The maximum absolute atomic E-state index is 5.81. The smallest absolute Gasteiger partial charge is 0.0232 e. The lowest BCUT2D eigenvalue weighted by Crippen LogP contribution is -2.40. The maximum Gasteiger partial charge on any atom is 0.0232 e. The van der Waals surface area contributed by atoms with Crippen LogP contribution in [-0.2, 0) is 0 Å². The van der Waals surface area contributed by atoms with Gasteiger partial charge in [-0.25, -0.2) is 0 Å². The van der Waals surface area contributed by atoms with Gasteiger partial charge in [-0.15, -0.1) is 0 Å². The minimum atomic E-state index is 0.640. The van der Waals surface area contributed by atoms with Crippen LogP contribution < -0.4 is 5.73 Å². The van der Waals surface area contributed by atoms with Gasteiger partial charge in [-0.1, -0.05) is 13.8 Å². The number of hydrogen-bond acceptors (Lipinski definition) is 3. The number of nitrogens with zero attached hydrogens (tertiary/aromatic N) is 2. The molecule has 15 heavy (non-hydrogen) atoms. The van der Waals surface area contributed by atoms with E-state index in [1.54, 1.807) is 0 Å². The van der Waals surface area contributed by atoms with E-state index in [-0.39, 0.29) is 0 Å². The molecule has 1 rings (SSSR count). The van der Waals surface area contributed by atoms with Crippen LogP contribution in [0.2, 0.25) is 0 Å². The molecule has 0 radical (unpaired) electrons. The molecular formula is C12H27N3. The molecule has 1 fully saturated rings. The first kappa shape index (κ1) is 12.9. The van der Waals surface area contributed by atoms with E-state index < -0.39 is 0 Å². The average molecular weight is 213 g/mol. The van der Waals surface area contributed by atoms with E-state index in [4.69, 9.17) is 5.73 Å². The van der Waals surface area contributed by atoms with E-state index in [9.17, 15) is 0 Å². The van der Waals surface area contributed by atoms with E-state index >= 15 is 0 Å². The van der Waals surface area contributed by atoms with E-state index in [1.165, 1.54) is 19.5 Å². The van der Waals surface area contributed by atoms with Gasteiger partial charge in [0.15, 0.2) is 0 Å². The van der Waals surface area contributed by atoms with Crippen molar-refractivity contribution in [3.05, 3.63) is 0 Å². The Bertz CT molecular complexity index is 182. The van der Waals surface area contributed by atoms with Crippen LogP contribution in [0.3, 0.4) is 0 Å². The Morgan fingerprint density at radius 1 is 1.47 bits per heavy atom. The fourth-order valence-electron chi connectivity index (χ4n) is 2.35. The molecule has 1 aliphatic heterocycles. The Morgan fingerprint density at radius 3 is 2.53 bits per heavy atom. The minimum Gasteiger partial charge on any atom is -0.330 e. The molecule has 90 valence electrons. The molecule has 0 bridgehead atoms. The van der Waals surface area contributed by atoms with Crippen molar-refractivity contribution in [2.24, 2.45) is 17.6 Å². The van der Waals surface area contributed by atoms with Crippen LogP contribution in [0.25, 0.3) is 0 Å². The second-order valence-electron chi connectivity index (χ2n) is 5.38. The summed E-state index contributed by atoms with van der Waals surface area (Å²) in [7, 11) is 4.45. The molecule has 0 aromatic rings. The lowest BCUT2D eigenvalue weighted by atomic mass is 9.95. The van der Waals surface area contributed by atoms with Gasteiger partial charge < -0.3 is 15.5 Å². The van der Waals surface area contributed by atoms with Crippen molar-refractivity contribution in [2.75, 3.05) is 40.3 Å². The third-order valence-electron chi connectivity index (χ3n) is 3.76. The molecule has 1 saturated heterocycles. The first-order valence-electron chi connectivity index (χ1n) is 6.13. The standard InChI is InChI=1S/C12H27N3/c1-10(2)11(7-13)8-15(4)12-5-6-14(3)9-12/h10-12H,5-9,13H2,1-4H3. The van der Waals surface area contributed by atoms with Gasteiger partial charge in [0.25, 0.3) is 0 Å². The highest BCUT2D eigenvalue weighted by atomic mass is 15.2. The van der Waals surface area contributed by atoms with Crippen molar-refractivity contribution in [3.63, 3.8) is 0 Å². The van der Waals surface area contributed by atoms with Crippen LogP contribution in [0, 0.1) is 11.8 Å². The van der Waals surface area contributed by atoms with Gasteiger partial charge in [-0.2, -0.15) is 0 Å². The summed E-state index contributed by atoms with van der Waals surface area (Å²) in [5, 5.41) is 0. The molecule has 2 atom stereocenters. The summed E-state index contributed by atoms with van der Waals surface area (Å²) in [5.41, 5.74) is 5.81. The summed E-state index contributed by atoms with van der Waals surface area (Å²) in [6, 6.07) is 0.739. The minimum absolute atomic E-state index is 0.640. The molecule has 0 amide bonds. The lowest BCUT2D eigenvalue weighted by Gasteiger charge is -2.30. The van der Waals surface area contributed by atoms with Crippen LogP contribution >= 0.6 is 0 Å². The van der Waals surface area contributed by atoms with Crippen molar-refractivity contribution in [1.82, 2.24) is 9.80 Å². The lowest BCUT2D eigenvalue weighted by molar-refractivity contribution is 0.186.